The Morgan fingerprint density at radius 1 is 1.15 bits per heavy atom. The molecule has 0 aliphatic heterocycles. The molecular formula is C18H18N2O5S. The van der Waals surface area contributed by atoms with Crippen molar-refractivity contribution < 1.29 is 24.2 Å². The van der Waals surface area contributed by atoms with Crippen molar-refractivity contribution in [1.82, 2.24) is 0 Å². The van der Waals surface area contributed by atoms with E-state index >= 15 is 0 Å². The van der Waals surface area contributed by atoms with Gasteiger partial charge in [-0.25, -0.2) is 4.79 Å². The number of aryl methyl sites for hydroxylation is 1. The number of ether oxygens (including phenoxy) is 1. The average molecular weight is 374 g/mol. The van der Waals surface area contributed by atoms with Gasteiger partial charge in [-0.05, 0) is 30.7 Å². The molecule has 136 valence electrons. The van der Waals surface area contributed by atoms with Gasteiger partial charge in [-0.3, -0.25) is 9.59 Å². The quantitative estimate of drug-likeness (QED) is 0.504. The second kappa shape index (κ2) is 8.91. The van der Waals surface area contributed by atoms with E-state index in [1.165, 1.54) is 17.8 Å². The van der Waals surface area contributed by atoms with Crippen LogP contribution in [0.4, 0.5) is 5.69 Å². The monoisotopic (exact) mass is 374 g/mol. The molecule has 2 amide bonds. The number of hydrogen-bond donors (Lipinski definition) is 3. The number of para-hydroxylation sites is 2. The molecular weight excluding hydrogens is 356 g/mol. The van der Waals surface area contributed by atoms with E-state index in [2.05, 4.69) is 5.32 Å². The maximum Gasteiger partial charge on any atom is 0.342 e. The van der Waals surface area contributed by atoms with E-state index in [1.807, 2.05) is 0 Å². The summed E-state index contributed by atoms with van der Waals surface area (Å²) in [5, 5.41) is 12.5. The highest BCUT2D eigenvalue weighted by Crippen LogP contribution is 2.26. The lowest BCUT2D eigenvalue weighted by atomic mass is 10.1. The van der Waals surface area contributed by atoms with Crippen LogP contribution in [0.5, 0.6) is 5.75 Å². The molecule has 0 heterocycles. The van der Waals surface area contributed by atoms with E-state index < -0.39 is 24.4 Å². The van der Waals surface area contributed by atoms with Crippen molar-refractivity contribution in [2.24, 2.45) is 5.73 Å². The van der Waals surface area contributed by atoms with Gasteiger partial charge in [0, 0.05) is 4.90 Å². The number of rotatable bonds is 7. The van der Waals surface area contributed by atoms with Crippen LogP contribution < -0.4 is 11.1 Å². The van der Waals surface area contributed by atoms with Crippen LogP contribution in [0.2, 0.25) is 0 Å². The van der Waals surface area contributed by atoms with Gasteiger partial charge in [0.1, 0.15) is 11.3 Å². The van der Waals surface area contributed by atoms with Gasteiger partial charge in [0.05, 0.1) is 11.4 Å². The van der Waals surface area contributed by atoms with Gasteiger partial charge in [0.15, 0.2) is 6.61 Å². The van der Waals surface area contributed by atoms with Gasteiger partial charge in [0.25, 0.3) is 5.91 Å². The van der Waals surface area contributed by atoms with Crippen LogP contribution in [-0.2, 0) is 14.3 Å². The van der Waals surface area contributed by atoms with Crippen LogP contribution in [0.15, 0.2) is 47.4 Å². The molecule has 8 heteroatoms. The molecule has 2 aromatic carbocycles. The number of thioether (sulfide) groups is 1. The summed E-state index contributed by atoms with van der Waals surface area (Å²) in [7, 11) is 0. The SMILES string of the molecule is Cc1cccc(C(=O)OCC(=O)Nc2ccccc2SCC(N)=O)c1O. The minimum Gasteiger partial charge on any atom is -0.507 e. The second-order valence-corrected chi connectivity index (χ2v) is 6.36. The Labute approximate surface area is 154 Å². The summed E-state index contributed by atoms with van der Waals surface area (Å²) in [6.45, 7) is 1.14. The number of phenols is 1. The molecule has 7 nitrogen and oxygen atoms in total. The number of carbonyl (C=O) groups is 3. The van der Waals surface area contributed by atoms with Gasteiger partial charge >= 0.3 is 5.97 Å². The van der Waals surface area contributed by atoms with Gasteiger partial charge in [-0.2, -0.15) is 0 Å². The van der Waals surface area contributed by atoms with E-state index in [0.717, 1.165) is 0 Å². The number of aromatic hydroxyl groups is 1. The van der Waals surface area contributed by atoms with Crippen molar-refractivity contribution in [1.29, 1.82) is 0 Å². The predicted octanol–water partition coefficient (Wildman–Crippen LogP) is 2.07. The molecule has 0 aliphatic carbocycles. The molecule has 26 heavy (non-hydrogen) atoms. The van der Waals surface area contributed by atoms with Crippen LogP contribution in [0.1, 0.15) is 15.9 Å². The number of amides is 2. The van der Waals surface area contributed by atoms with Crippen LogP contribution in [0, 0.1) is 6.92 Å². The lowest BCUT2D eigenvalue weighted by molar-refractivity contribution is -0.119. The lowest BCUT2D eigenvalue weighted by Gasteiger charge is -2.11. The molecule has 0 fully saturated rings. The topological polar surface area (TPSA) is 119 Å². The first-order valence-corrected chi connectivity index (χ1v) is 8.62. The summed E-state index contributed by atoms with van der Waals surface area (Å²) >= 11 is 1.19. The number of carbonyl (C=O) groups excluding carboxylic acids is 3. The standard InChI is InChI=1S/C18H18N2O5S/c1-11-5-4-6-12(17(11)23)18(24)25-9-16(22)20-13-7-2-3-8-14(13)26-10-15(19)21/h2-8,23H,9-10H2,1H3,(H2,19,21)(H,20,22). The summed E-state index contributed by atoms with van der Waals surface area (Å²) in [5.74, 6) is -1.90. The largest absolute Gasteiger partial charge is 0.507 e. The molecule has 0 unspecified atom stereocenters. The number of phenolic OH excluding ortho intramolecular Hbond substituents is 1. The normalized spacial score (nSPS) is 10.2. The molecule has 0 bridgehead atoms. The van der Waals surface area contributed by atoms with E-state index in [-0.39, 0.29) is 17.1 Å². The average Bonchev–Trinajstić information content (AvgIpc) is 2.61. The maximum atomic E-state index is 12.0. The Morgan fingerprint density at radius 2 is 1.88 bits per heavy atom. The maximum absolute atomic E-state index is 12.0. The summed E-state index contributed by atoms with van der Waals surface area (Å²) in [4.78, 5) is 35.6. The van der Waals surface area contributed by atoms with E-state index in [4.69, 9.17) is 10.5 Å². The lowest BCUT2D eigenvalue weighted by Crippen LogP contribution is -2.21. The Bertz CT molecular complexity index is 838. The van der Waals surface area contributed by atoms with Crippen molar-refractivity contribution in [3.63, 3.8) is 0 Å². The summed E-state index contributed by atoms with van der Waals surface area (Å²) < 4.78 is 4.94. The first kappa shape index (κ1) is 19.3. The molecule has 2 rings (SSSR count). The Kier molecular flexibility index (Phi) is 6.62. The number of nitrogens with one attached hydrogen (secondary N) is 1. The molecule has 4 N–H and O–H groups in total. The van der Waals surface area contributed by atoms with Gasteiger partial charge in [-0.15, -0.1) is 11.8 Å². The molecule has 0 aromatic heterocycles. The Morgan fingerprint density at radius 3 is 2.62 bits per heavy atom. The third-order valence-electron chi connectivity index (χ3n) is 3.32. The smallest absolute Gasteiger partial charge is 0.342 e. The number of esters is 1. The van der Waals surface area contributed by atoms with E-state index in [9.17, 15) is 19.5 Å². The molecule has 0 spiro atoms. The van der Waals surface area contributed by atoms with Crippen LogP contribution >= 0.6 is 11.8 Å². The van der Waals surface area contributed by atoms with Crippen LogP contribution in [-0.4, -0.2) is 35.2 Å². The predicted molar refractivity (Wildman–Crippen MR) is 98.1 cm³/mol. The fourth-order valence-corrected chi connectivity index (χ4v) is 2.81. The summed E-state index contributed by atoms with van der Waals surface area (Å²) in [6.07, 6.45) is 0. The Hall–Kier alpha value is -3.00. The number of primary amides is 1. The number of nitrogens with two attached hydrogens (primary N) is 1. The third-order valence-corrected chi connectivity index (χ3v) is 4.42. The van der Waals surface area contributed by atoms with Crippen molar-refractivity contribution in [2.45, 2.75) is 11.8 Å². The highest BCUT2D eigenvalue weighted by molar-refractivity contribution is 8.00. The molecule has 0 radical (unpaired) electrons. The molecule has 0 saturated heterocycles. The molecule has 0 atom stereocenters. The summed E-state index contributed by atoms with van der Waals surface area (Å²) in [6, 6.07) is 11.6. The first-order chi connectivity index (χ1) is 12.4. The van der Waals surface area contributed by atoms with Crippen molar-refractivity contribution in [3.8, 4) is 5.75 Å². The fourth-order valence-electron chi connectivity index (χ4n) is 2.06. The molecule has 2 aromatic rings. The second-order valence-electron chi connectivity index (χ2n) is 5.35. The fraction of sp³-hybridized carbons (Fsp3) is 0.167. The van der Waals surface area contributed by atoms with Gasteiger partial charge < -0.3 is 20.9 Å². The zero-order valence-corrected chi connectivity index (χ0v) is 14.8. The van der Waals surface area contributed by atoms with Gasteiger partial charge in [0.2, 0.25) is 5.91 Å². The summed E-state index contributed by atoms with van der Waals surface area (Å²) in [5.41, 5.74) is 6.14. The molecule has 0 saturated carbocycles. The van der Waals surface area contributed by atoms with Crippen LogP contribution in [0.25, 0.3) is 0 Å². The third kappa shape index (κ3) is 5.25. The van der Waals surface area contributed by atoms with Crippen molar-refractivity contribution >= 4 is 35.2 Å². The van der Waals surface area contributed by atoms with E-state index in [1.54, 1.807) is 43.3 Å². The number of hydrogen-bond acceptors (Lipinski definition) is 6. The zero-order chi connectivity index (χ0) is 19.1. The highest BCUT2D eigenvalue weighted by atomic mass is 32.2. The zero-order valence-electron chi connectivity index (χ0n) is 14.0. The Balaban J connectivity index is 1.96. The van der Waals surface area contributed by atoms with E-state index in [0.29, 0.717) is 16.1 Å². The minimum atomic E-state index is -0.794. The number of anilines is 1. The molecule has 0 aliphatic rings. The van der Waals surface area contributed by atoms with Crippen molar-refractivity contribution in [2.75, 3.05) is 17.7 Å². The first-order valence-electron chi connectivity index (χ1n) is 7.64. The highest BCUT2D eigenvalue weighted by Gasteiger charge is 2.16. The minimum absolute atomic E-state index is 0.00443. The van der Waals surface area contributed by atoms with Gasteiger partial charge in [-0.1, -0.05) is 24.3 Å². The van der Waals surface area contributed by atoms with Crippen molar-refractivity contribution in [3.05, 3.63) is 53.6 Å². The number of benzene rings is 2. The van der Waals surface area contributed by atoms with Crippen LogP contribution in [0.3, 0.4) is 0 Å².